The quantitative estimate of drug-likeness (QED) is 0.257. The summed E-state index contributed by atoms with van der Waals surface area (Å²) >= 11 is 0. The molecular weight excluding hydrogens is 544 g/mol. The van der Waals surface area contributed by atoms with Crippen molar-refractivity contribution in [2.24, 2.45) is 15.9 Å². The van der Waals surface area contributed by atoms with Gasteiger partial charge in [0.25, 0.3) is 0 Å². The Hall–Kier alpha value is -4.99. The highest BCUT2D eigenvalue weighted by Crippen LogP contribution is 2.22. The van der Waals surface area contributed by atoms with Crippen LogP contribution in [0.15, 0.2) is 76.7 Å². The predicted molar refractivity (Wildman–Crippen MR) is 168 cm³/mol. The molecule has 0 aromatic heterocycles. The zero-order chi connectivity index (χ0) is 30.2. The van der Waals surface area contributed by atoms with Gasteiger partial charge in [-0.25, -0.2) is 4.79 Å². The van der Waals surface area contributed by atoms with Gasteiger partial charge in [0.1, 0.15) is 11.7 Å². The number of amidine groups is 2. The van der Waals surface area contributed by atoms with Crippen molar-refractivity contribution in [1.29, 1.82) is 0 Å². The molecule has 2 heterocycles. The summed E-state index contributed by atoms with van der Waals surface area (Å²) in [5, 5.41) is 12.2. The molecule has 4 N–H and O–H groups in total. The summed E-state index contributed by atoms with van der Waals surface area (Å²) in [4.78, 5) is 47.6. The van der Waals surface area contributed by atoms with Crippen LogP contribution in [0.25, 0.3) is 0 Å². The minimum Gasteiger partial charge on any atom is -0.462 e. The number of hydrogen-bond donors (Lipinski definition) is 4. The molecule has 3 aromatic rings. The monoisotopic (exact) mass is 580 g/mol. The molecule has 2 aliphatic rings. The van der Waals surface area contributed by atoms with Crippen LogP contribution in [0.3, 0.4) is 0 Å². The first-order chi connectivity index (χ1) is 20.8. The molecule has 0 radical (unpaired) electrons. The molecule has 0 spiro atoms. The zero-order valence-corrected chi connectivity index (χ0v) is 24.4. The Morgan fingerprint density at radius 3 is 1.60 bits per heavy atom. The van der Waals surface area contributed by atoms with Gasteiger partial charge in [-0.15, -0.1) is 0 Å². The average Bonchev–Trinajstić information content (AvgIpc) is 3.72. The summed E-state index contributed by atoms with van der Waals surface area (Å²) in [7, 11) is 0. The number of aliphatic imine (C=N–C) groups is 2. The number of nitrogens with one attached hydrogen (secondary N) is 4. The van der Waals surface area contributed by atoms with E-state index >= 15 is 0 Å². The van der Waals surface area contributed by atoms with Crippen molar-refractivity contribution in [3.05, 3.63) is 94.5 Å². The van der Waals surface area contributed by atoms with E-state index < -0.39 is 5.97 Å². The number of nitrogens with zero attached hydrogens (tertiary/aromatic N) is 2. The molecule has 43 heavy (non-hydrogen) atoms. The van der Waals surface area contributed by atoms with Gasteiger partial charge in [0, 0.05) is 35.6 Å². The third kappa shape index (κ3) is 8.28. The Balaban J connectivity index is 1.26. The van der Waals surface area contributed by atoms with Crippen molar-refractivity contribution in [3.63, 3.8) is 0 Å². The molecule has 0 saturated carbocycles. The smallest absolute Gasteiger partial charge is 0.338 e. The molecule has 0 saturated heterocycles. The van der Waals surface area contributed by atoms with Gasteiger partial charge in [0.05, 0.1) is 38.1 Å². The summed E-state index contributed by atoms with van der Waals surface area (Å²) in [6.07, 6.45) is 0.281. The highest BCUT2D eigenvalue weighted by atomic mass is 16.5. The van der Waals surface area contributed by atoms with Gasteiger partial charge in [-0.3, -0.25) is 19.6 Å². The van der Waals surface area contributed by atoms with Crippen LogP contribution in [0.1, 0.15) is 46.5 Å². The van der Waals surface area contributed by atoms with Crippen LogP contribution in [0, 0.1) is 5.92 Å². The number of benzene rings is 3. The lowest BCUT2D eigenvalue weighted by molar-refractivity contribution is -0.116. The van der Waals surface area contributed by atoms with E-state index in [1.807, 2.05) is 62.4 Å². The first-order valence-corrected chi connectivity index (χ1v) is 14.5. The van der Waals surface area contributed by atoms with Gasteiger partial charge in [-0.2, -0.15) is 0 Å². The Morgan fingerprint density at radius 2 is 1.21 bits per heavy atom. The van der Waals surface area contributed by atoms with Gasteiger partial charge in [0.2, 0.25) is 11.8 Å². The highest BCUT2D eigenvalue weighted by Gasteiger charge is 2.16. The minimum absolute atomic E-state index is 0.141. The fraction of sp³-hybridized carbons (Fsp3) is 0.303. The van der Waals surface area contributed by atoms with Crippen LogP contribution in [0.4, 0.5) is 11.4 Å². The molecule has 0 aliphatic carbocycles. The van der Waals surface area contributed by atoms with Gasteiger partial charge in [0.15, 0.2) is 0 Å². The van der Waals surface area contributed by atoms with E-state index in [0.29, 0.717) is 11.4 Å². The first kappa shape index (κ1) is 29.5. The fourth-order valence-electron chi connectivity index (χ4n) is 4.74. The number of amides is 2. The predicted octanol–water partition coefficient (Wildman–Crippen LogP) is 3.56. The SMILES string of the molecule is CC(C)COC(=O)c1cc(NC(=O)Cc2ccc(C3=NCCN3)cc2)cc(NC(=O)Cc2ccc(C3=NCCN3)cc2)c1. The van der Waals surface area contributed by atoms with E-state index in [2.05, 4.69) is 31.3 Å². The number of anilines is 2. The standard InChI is InChI=1S/C33H36N6O4/c1-21(2)20-43-33(42)26-17-27(38-29(40)15-22-3-7-24(8-4-22)31-34-11-12-35-31)19-28(18-26)39-30(41)16-23-5-9-25(10-6-23)32-36-13-14-37-32/h3-10,17-19,21H,11-16,20H2,1-2H3,(H,34,35)(H,36,37)(H,38,40)(H,39,41). The van der Waals surface area contributed by atoms with Gasteiger partial charge in [-0.05, 0) is 35.2 Å². The van der Waals surface area contributed by atoms with Crippen molar-refractivity contribution in [2.75, 3.05) is 43.4 Å². The second-order valence-corrected chi connectivity index (χ2v) is 10.9. The Morgan fingerprint density at radius 1 is 0.744 bits per heavy atom. The van der Waals surface area contributed by atoms with Gasteiger partial charge < -0.3 is 26.0 Å². The molecule has 10 heteroatoms. The largest absolute Gasteiger partial charge is 0.462 e. The summed E-state index contributed by atoms with van der Waals surface area (Å²) in [6.45, 7) is 7.32. The molecular formula is C33H36N6O4. The van der Waals surface area contributed by atoms with Crippen molar-refractivity contribution in [1.82, 2.24) is 10.6 Å². The number of carbonyl (C=O) groups excluding carboxylic acids is 3. The van der Waals surface area contributed by atoms with Crippen LogP contribution in [-0.4, -0.2) is 62.2 Å². The van der Waals surface area contributed by atoms with Crippen molar-refractivity contribution >= 4 is 40.8 Å². The van der Waals surface area contributed by atoms with Crippen LogP contribution in [-0.2, 0) is 27.2 Å². The maximum atomic E-state index is 13.0. The van der Waals surface area contributed by atoms with Crippen LogP contribution in [0.2, 0.25) is 0 Å². The lowest BCUT2D eigenvalue weighted by atomic mass is 10.1. The number of rotatable bonds is 11. The van der Waals surface area contributed by atoms with E-state index in [9.17, 15) is 14.4 Å². The maximum absolute atomic E-state index is 13.0. The highest BCUT2D eigenvalue weighted by molar-refractivity contribution is 6.01. The Kier molecular flexibility index (Phi) is 9.46. The molecule has 10 nitrogen and oxygen atoms in total. The number of ether oxygens (including phenoxy) is 1. The number of carbonyl (C=O) groups is 3. The molecule has 0 fully saturated rings. The zero-order valence-electron chi connectivity index (χ0n) is 24.4. The topological polar surface area (TPSA) is 133 Å². The van der Waals surface area contributed by atoms with E-state index in [-0.39, 0.29) is 42.7 Å². The van der Waals surface area contributed by atoms with Crippen LogP contribution < -0.4 is 21.3 Å². The molecule has 0 atom stereocenters. The lowest BCUT2D eigenvalue weighted by Crippen LogP contribution is -2.20. The molecule has 0 unspecified atom stereocenters. The molecule has 2 aliphatic heterocycles. The third-order valence-corrected chi connectivity index (χ3v) is 6.82. The second kappa shape index (κ2) is 13.8. The number of hydrogen-bond acceptors (Lipinski definition) is 8. The lowest BCUT2D eigenvalue weighted by Gasteiger charge is -2.13. The maximum Gasteiger partial charge on any atom is 0.338 e. The van der Waals surface area contributed by atoms with E-state index in [1.54, 1.807) is 18.2 Å². The van der Waals surface area contributed by atoms with E-state index in [4.69, 9.17) is 4.74 Å². The van der Waals surface area contributed by atoms with Gasteiger partial charge >= 0.3 is 5.97 Å². The van der Waals surface area contributed by atoms with Crippen molar-refractivity contribution < 1.29 is 19.1 Å². The first-order valence-electron chi connectivity index (χ1n) is 14.5. The average molecular weight is 581 g/mol. The Labute approximate surface area is 251 Å². The van der Waals surface area contributed by atoms with Crippen molar-refractivity contribution in [2.45, 2.75) is 26.7 Å². The summed E-state index contributed by atoms with van der Waals surface area (Å²) in [5.41, 5.74) is 4.63. The fourth-order valence-corrected chi connectivity index (χ4v) is 4.74. The summed E-state index contributed by atoms with van der Waals surface area (Å²) in [5.74, 6) is 0.848. The Bertz CT molecular complexity index is 1440. The van der Waals surface area contributed by atoms with E-state index in [1.165, 1.54) is 0 Å². The van der Waals surface area contributed by atoms with Crippen LogP contribution in [0.5, 0.6) is 0 Å². The molecule has 0 bridgehead atoms. The van der Waals surface area contributed by atoms with Gasteiger partial charge in [-0.1, -0.05) is 62.4 Å². The molecule has 3 aromatic carbocycles. The normalized spacial score (nSPS) is 13.9. The number of esters is 1. The van der Waals surface area contributed by atoms with E-state index in [0.717, 1.165) is 60.1 Å². The minimum atomic E-state index is -0.529. The molecule has 222 valence electrons. The van der Waals surface area contributed by atoms with Crippen LogP contribution >= 0.6 is 0 Å². The summed E-state index contributed by atoms with van der Waals surface area (Å²) in [6, 6.07) is 20.1. The molecule has 2 amide bonds. The molecule has 5 rings (SSSR count). The van der Waals surface area contributed by atoms with Crippen molar-refractivity contribution in [3.8, 4) is 0 Å². The second-order valence-electron chi connectivity index (χ2n) is 10.9. The third-order valence-electron chi connectivity index (χ3n) is 6.82. The summed E-state index contributed by atoms with van der Waals surface area (Å²) < 4.78 is 5.41.